The van der Waals surface area contributed by atoms with Gasteiger partial charge in [0.2, 0.25) is 5.91 Å². The zero-order valence-electron chi connectivity index (χ0n) is 12.0. The van der Waals surface area contributed by atoms with E-state index in [0.29, 0.717) is 0 Å². The lowest BCUT2D eigenvalue weighted by Gasteiger charge is -2.39. The standard InChI is InChI=1S/C13H23N3O4/c1-8-4-3-5-9(2)16(8)13(20)15-10(12(18)19)6-7-11(14)17/h8-10H,3-7H2,1-2H3,(H2,14,17)(H,15,20)(H,18,19)/t8-,9+,10-/m1/s1. The van der Waals surface area contributed by atoms with E-state index in [4.69, 9.17) is 10.8 Å². The Hall–Kier alpha value is -1.79. The summed E-state index contributed by atoms with van der Waals surface area (Å²) < 4.78 is 0. The van der Waals surface area contributed by atoms with Gasteiger partial charge in [-0.2, -0.15) is 0 Å². The lowest BCUT2D eigenvalue weighted by Crippen LogP contribution is -2.55. The van der Waals surface area contributed by atoms with E-state index in [1.165, 1.54) is 0 Å². The number of carboxylic acids is 1. The summed E-state index contributed by atoms with van der Waals surface area (Å²) in [5, 5.41) is 11.6. The number of carboxylic acid groups (broad SMARTS) is 1. The van der Waals surface area contributed by atoms with E-state index < -0.39 is 17.9 Å². The first kappa shape index (κ1) is 16.3. The molecule has 1 aliphatic heterocycles. The quantitative estimate of drug-likeness (QED) is 0.689. The zero-order valence-corrected chi connectivity index (χ0v) is 12.0. The van der Waals surface area contributed by atoms with Crippen molar-refractivity contribution in [2.24, 2.45) is 5.73 Å². The lowest BCUT2D eigenvalue weighted by molar-refractivity contribution is -0.139. The van der Waals surface area contributed by atoms with Gasteiger partial charge in [0.1, 0.15) is 6.04 Å². The van der Waals surface area contributed by atoms with Gasteiger partial charge < -0.3 is 21.1 Å². The summed E-state index contributed by atoms with van der Waals surface area (Å²) >= 11 is 0. The van der Waals surface area contributed by atoms with E-state index in [1.807, 2.05) is 13.8 Å². The minimum Gasteiger partial charge on any atom is -0.480 e. The molecule has 0 aromatic carbocycles. The second-order valence-corrected chi connectivity index (χ2v) is 5.38. The van der Waals surface area contributed by atoms with Crippen LogP contribution in [-0.4, -0.2) is 46.0 Å². The molecule has 4 N–H and O–H groups in total. The topological polar surface area (TPSA) is 113 Å². The number of likely N-dealkylation sites (tertiary alicyclic amines) is 1. The van der Waals surface area contributed by atoms with Crippen LogP contribution in [0, 0.1) is 0 Å². The molecule has 0 bridgehead atoms. The van der Waals surface area contributed by atoms with Crippen molar-refractivity contribution in [3.8, 4) is 0 Å². The molecule has 1 rings (SSSR count). The van der Waals surface area contributed by atoms with Crippen LogP contribution in [0.1, 0.15) is 46.0 Å². The minimum atomic E-state index is -1.16. The van der Waals surface area contributed by atoms with Gasteiger partial charge in [-0.1, -0.05) is 0 Å². The number of primary amides is 1. The van der Waals surface area contributed by atoms with Gasteiger partial charge in [-0.15, -0.1) is 0 Å². The van der Waals surface area contributed by atoms with Gasteiger partial charge in [0.05, 0.1) is 0 Å². The molecule has 1 saturated heterocycles. The van der Waals surface area contributed by atoms with Gasteiger partial charge in [0.25, 0.3) is 0 Å². The highest BCUT2D eigenvalue weighted by molar-refractivity contribution is 5.83. The van der Waals surface area contributed by atoms with Crippen molar-refractivity contribution in [1.82, 2.24) is 10.2 Å². The molecule has 1 heterocycles. The van der Waals surface area contributed by atoms with Gasteiger partial charge in [-0.25, -0.2) is 9.59 Å². The van der Waals surface area contributed by atoms with Crippen LogP contribution in [0.2, 0.25) is 0 Å². The average Bonchev–Trinajstić information content (AvgIpc) is 2.33. The molecule has 20 heavy (non-hydrogen) atoms. The summed E-state index contributed by atoms with van der Waals surface area (Å²) in [5.74, 6) is -1.73. The predicted molar refractivity (Wildman–Crippen MR) is 73.0 cm³/mol. The third-order valence-corrected chi connectivity index (χ3v) is 3.70. The molecule has 3 atom stereocenters. The summed E-state index contributed by atoms with van der Waals surface area (Å²) in [6.07, 6.45) is 2.83. The number of nitrogens with one attached hydrogen (secondary N) is 1. The maximum atomic E-state index is 12.2. The maximum absolute atomic E-state index is 12.2. The summed E-state index contributed by atoms with van der Waals surface area (Å²) in [5.41, 5.74) is 5.00. The van der Waals surface area contributed by atoms with Crippen LogP contribution in [0.3, 0.4) is 0 Å². The summed E-state index contributed by atoms with van der Waals surface area (Å²) in [7, 11) is 0. The highest BCUT2D eigenvalue weighted by Crippen LogP contribution is 2.22. The van der Waals surface area contributed by atoms with Crippen molar-refractivity contribution < 1.29 is 19.5 Å². The molecular formula is C13H23N3O4. The number of carbonyl (C=O) groups excluding carboxylic acids is 2. The average molecular weight is 285 g/mol. The second-order valence-electron chi connectivity index (χ2n) is 5.38. The maximum Gasteiger partial charge on any atom is 0.326 e. The molecule has 1 fully saturated rings. The van der Waals surface area contributed by atoms with Gasteiger partial charge in [0, 0.05) is 18.5 Å². The predicted octanol–water partition coefficient (Wildman–Crippen LogP) is 0.678. The number of carbonyl (C=O) groups is 3. The van der Waals surface area contributed by atoms with Gasteiger partial charge in [-0.3, -0.25) is 4.79 Å². The van der Waals surface area contributed by atoms with Crippen LogP contribution in [0.15, 0.2) is 0 Å². The highest BCUT2D eigenvalue weighted by atomic mass is 16.4. The highest BCUT2D eigenvalue weighted by Gasteiger charge is 2.31. The number of aliphatic carboxylic acids is 1. The SMILES string of the molecule is C[C@@H]1CCC[C@H](C)N1C(=O)N[C@H](CCC(N)=O)C(=O)O. The number of piperidine rings is 1. The van der Waals surface area contributed by atoms with Crippen LogP contribution < -0.4 is 11.1 Å². The monoisotopic (exact) mass is 285 g/mol. The van der Waals surface area contributed by atoms with Crippen LogP contribution in [0.4, 0.5) is 4.79 Å². The molecule has 0 aromatic rings. The van der Waals surface area contributed by atoms with E-state index in [1.54, 1.807) is 4.90 Å². The van der Waals surface area contributed by atoms with Crippen molar-refractivity contribution in [3.05, 3.63) is 0 Å². The van der Waals surface area contributed by atoms with E-state index in [-0.39, 0.29) is 31.0 Å². The number of rotatable bonds is 5. The van der Waals surface area contributed by atoms with E-state index in [2.05, 4.69) is 5.32 Å². The Morgan fingerprint density at radius 1 is 1.30 bits per heavy atom. The van der Waals surface area contributed by atoms with E-state index in [0.717, 1.165) is 19.3 Å². The number of hydrogen-bond acceptors (Lipinski definition) is 3. The van der Waals surface area contributed by atoms with Crippen LogP contribution in [0.25, 0.3) is 0 Å². The molecule has 0 saturated carbocycles. The van der Waals surface area contributed by atoms with Gasteiger partial charge in [-0.05, 0) is 39.5 Å². The Kier molecular flexibility index (Phi) is 5.79. The molecule has 7 nitrogen and oxygen atoms in total. The number of amides is 3. The smallest absolute Gasteiger partial charge is 0.326 e. The molecule has 114 valence electrons. The molecule has 3 amide bonds. The Labute approximate surface area is 118 Å². The van der Waals surface area contributed by atoms with Crippen molar-refractivity contribution in [1.29, 1.82) is 0 Å². The first-order valence-corrected chi connectivity index (χ1v) is 6.93. The molecule has 7 heteroatoms. The van der Waals surface area contributed by atoms with E-state index >= 15 is 0 Å². The van der Waals surface area contributed by atoms with Gasteiger partial charge in [0.15, 0.2) is 0 Å². The molecule has 0 radical (unpaired) electrons. The van der Waals surface area contributed by atoms with Crippen molar-refractivity contribution >= 4 is 17.9 Å². The molecule has 0 spiro atoms. The second kappa shape index (κ2) is 7.12. The number of urea groups is 1. The fourth-order valence-corrected chi connectivity index (χ4v) is 2.59. The van der Waals surface area contributed by atoms with Gasteiger partial charge >= 0.3 is 12.0 Å². The molecule has 0 unspecified atom stereocenters. The Morgan fingerprint density at radius 3 is 2.30 bits per heavy atom. The fraction of sp³-hybridized carbons (Fsp3) is 0.769. The van der Waals surface area contributed by atoms with Crippen molar-refractivity contribution in [3.63, 3.8) is 0 Å². The number of hydrogen-bond donors (Lipinski definition) is 3. The first-order chi connectivity index (χ1) is 9.32. The summed E-state index contributed by atoms with van der Waals surface area (Å²) in [6, 6.07) is -1.30. The van der Waals surface area contributed by atoms with Crippen LogP contribution in [-0.2, 0) is 9.59 Å². The first-order valence-electron chi connectivity index (χ1n) is 6.93. The molecular weight excluding hydrogens is 262 g/mol. The van der Waals surface area contributed by atoms with Crippen LogP contribution >= 0.6 is 0 Å². The number of nitrogens with zero attached hydrogens (tertiary/aromatic N) is 1. The lowest BCUT2D eigenvalue weighted by atomic mass is 9.98. The Morgan fingerprint density at radius 2 is 1.85 bits per heavy atom. The minimum absolute atomic E-state index is 0.00695. The largest absolute Gasteiger partial charge is 0.480 e. The molecule has 1 aliphatic rings. The van der Waals surface area contributed by atoms with Crippen molar-refractivity contribution in [2.45, 2.75) is 64.1 Å². The Balaban J connectivity index is 2.64. The number of nitrogens with two attached hydrogens (primary N) is 1. The third kappa shape index (κ3) is 4.40. The fourth-order valence-electron chi connectivity index (χ4n) is 2.59. The Bertz CT molecular complexity index is 376. The summed E-state index contributed by atoms with van der Waals surface area (Å²) in [4.78, 5) is 35.7. The normalized spacial score (nSPS) is 24.0. The zero-order chi connectivity index (χ0) is 15.3. The van der Waals surface area contributed by atoms with Crippen LogP contribution in [0.5, 0.6) is 0 Å². The molecule has 0 aromatic heterocycles. The summed E-state index contributed by atoms with van der Waals surface area (Å²) in [6.45, 7) is 3.91. The van der Waals surface area contributed by atoms with E-state index in [9.17, 15) is 14.4 Å². The third-order valence-electron chi connectivity index (χ3n) is 3.70. The van der Waals surface area contributed by atoms with Crippen molar-refractivity contribution in [2.75, 3.05) is 0 Å². The molecule has 0 aliphatic carbocycles.